The molecule has 1 heterocycles. The number of hydrogen-bond acceptors (Lipinski definition) is 4. The molecule has 0 saturated carbocycles. The van der Waals surface area contributed by atoms with E-state index < -0.39 is 0 Å². The van der Waals surface area contributed by atoms with Crippen LogP contribution in [-0.2, 0) is 13.1 Å². The van der Waals surface area contributed by atoms with Crippen molar-refractivity contribution in [3.8, 4) is 17.0 Å². The molecule has 0 aliphatic heterocycles. The molecule has 1 aromatic heterocycles. The zero-order valence-corrected chi connectivity index (χ0v) is 15.6. The largest absolute Gasteiger partial charge is 0.507 e. The summed E-state index contributed by atoms with van der Waals surface area (Å²) >= 11 is 0. The zero-order valence-electron chi connectivity index (χ0n) is 15.6. The van der Waals surface area contributed by atoms with E-state index in [2.05, 4.69) is 41.2 Å². The van der Waals surface area contributed by atoms with Gasteiger partial charge < -0.3 is 5.11 Å². The molecule has 0 atom stereocenters. The maximum Gasteiger partial charge on any atom is 0.266 e. The monoisotopic (exact) mass is 363 g/mol. The third kappa shape index (κ3) is 5.05. The summed E-state index contributed by atoms with van der Waals surface area (Å²) in [6.45, 7) is 5.44. The minimum Gasteiger partial charge on any atom is -0.507 e. The van der Waals surface area contributed by atoms with Crippen LogP contribution < -0.4 is 5.56 Å². The Bertz CT molecular complexity index is 922. The lowest BCUT2D eigenvalue weighted by Gasteiger charge is -2.20. The molecule has 0 bridgehead atoms. The Labute approximate surface area is 159 Å². The first kappa shape index (κ1) is 18.9. The molecule has 3 aromatic rings. The average molecular weight is 363 g/mol. The lowest BCUT2D eigenvalue weighted by molar-refractivity contribution is 0.268. The van der Waals surface area contributed by atoms with Crippen LogP contribution in [0.5, 0.6) is 5.75 Å². The SMILES string of the molecule is CCN(CCCn1nc(-c2ccccc2O)ccc1=O)Cc1ccccc1. The number of rotatable bonds is 8. The summed E-state index contributed by atoms with van der Waals surface area (Å²) in [6.07, 6.45) is 0.831. The molecular weight excluding hydrogens is 338 g/mol. The van der Waals surface area contributed by atoms with Crippen molar-refractivity contribution in [1.82, 2.24) is 14.7 Å². The summed E-state index contributed by atoms with van der Waals surface area (Å²) in [5, 5.41) is 14.4. The number of phenolic OH excluding ortho intramolecular Hbond substituents is 1. The van der Waals surface area contributed by atoms with Gasteiger partial charge in [0.1, 0.15) is 5.75 Å². The summed E-state index contributed by atoms with van der Waals surface area (Å²) in [7, 11) is 0. The van der Waals surface area contributed by atoms with Crippen molar-refractivity contribution in [2.24, 2.45) is 0 Å². The Hall–Kier alpha value is -2.92. The van der Waals surface area contributed by atoms with Crippen LogP contribution in [0.4, 0.5) is 0 Å². The molecule has 1 N–H and O–H groups in total. The van der Waals surface area contributed by atoms with Crippen molar-refractivity contribution in [3.05, 3.63) is 82.6 Å². The van der Waals surface area contributed by atoms with Gasteiger partial charge in [-0.05, 0) is 36.7 Å². The van der Waals surface area contributed by atoms with Gasteiger partial charge in [0.05, 0.1) is 5.69 Å². The van der Waals surface area contributed by atoms with Crippen LogP contribution in [0.3, 0.4) is 0 Å². The predicted octanol–water partition coefficient (Wildman–Crippen LogP) is 3.53. The molecule has 0 saturated heterocycles. The highest BCUT2D eigenvalue weighted by molar-refractivity contribution is 5.65. The number of aryl methyl sites for hydroxylation is 1. The zero-order chi connectivity index (χ0) is 19.1. The lowest BCUT2D eigenvalue weighted by Crippen LogP contribution is -2.28. The number of hydrogen-bond donors (Lipinski definition) is 1. The number of aromatic nitrogens is 2. The van der Waals surface area contributed by atoms with Crippen molar-refractivity contribution in [2.45, 2.75) is 26.4 Å². The fourth-order valence-electron chi connectivity index (χ4n) is 3.08. The Balaban J connectivity index is 1.64. The molecule has 3 rings (SSSR count). The Morgan fingerprint density at radius 2 is 1.74 bits per heavy atom. The summed E-state index contributed by atoms with van der Waals surface area (Å²) < 4.78 is 1.48. The summed E-state index contributed by atoms with van der Waals surface area (Å²) in [4.78, 5) is 14.5. The van der Waals surface area contributed by atoms with Crippen LogP contribution in [-0.4, -0.2) is 32.9 Å². The number of benzene rings is 2. The second-order valence-electron chi connectivity index (χ2n) is 6.51. The van der Waals surface area contributed by atoms with Gasteiger partial charge in [0.25, 0.3) is 5.56 Å². The van der Waals surface area contributed by atoms with Crippen molar-refractivity contribution in [2.75, 3.05) is 13.1 Å². The van der Waals surface area contributed by atoms with Gasteiger partial charge in [0.2, 0.25) is 0 Å². The minimum atomic E-state index is -0.125. The molecule has 2 aromatic carbocycles. The number of aromatic hydroxyl groups is 1. The first-order valence-electron chi connectivity index (χ1n) is 9.30. The van der Waals surface area contributed by atoms with Gasteiger partial charge in [0, 0.05) is 31.3 Å². The fraction of sp³-hybridized carbons (Fsp3) is 0.273. The summed E-state index contributed by atoms with van der Waals surface area (Å²) in [6, 6.07) is 20.6. The average Bonchev–Trinajstić information content (AvgIpc) is 2.70. The first-order chi connectivity index (χ1) is 13.2. The number of para-hydroxylation sites is 1. The van der Waals surface area contributed by atoms with Crippen LogP contribution in [0.2, 0.25) is 0 Å². The van der Waals surface area contributed by atoms with Crippen LogP contribution in [0.1, 0.15) is 18.9 Å². The number of nitrogens with zero attached hydrogens (tertiary/aromatic N) is 3. The highest BCUT2D eigenvalue weighted by Crippen LogP contribution is 2.25. The molecule has 0 aliphatic rings. The molecule has 0 spiro atoms. The summed E-state index contributed by atoms with van der Waals surface area (Å²) in [5.41, 5.74) is 2.39. The van der Waals surface area contributed by atoms with Crippen LogP contribution in [0.25, 0.3) is 11.3 Å². The van der Waals surface area contributed by atoms with Crippen LogP contribution in [0, 0.1) is 0 Å². The van der Waals surface area contributed by atoms with Crippen molar-refractivity contribution in [1.29, 1.82) is 0 Å². The van der Waals surface area contributed by atoms with Gasteiger partial charge >= 0.3 is 0 Å². The summed E-state index contributed by atoms with van der Waals surface area (Å²) in [5.74, 6) is 0.162. The lowest BCUT2D eigenvalue weighted by atomic mass is 10.1. The van der Waals surface area contributed by atoms with Gasteiger partial charge in [-0.1, -0.05) is 49.4 Å². The van der Waals surface area contributed by atoms with Crippen molar-refractivity contribution >= 4 is 0 Å². The van der Waals surface area contributed by atoms with Crippen LogP contribution >= 0.6 is 0 Å². The molecule has 140 valence electrons. The third-order valence-electron chi connectivity index (χ3n) is 4.59. The fourth-order valence-corrected chi connectivity index (χ4v) is 3.08. The molecule has 0 unspecified atom stereocenters. The second kappa shape index (κ2) is 9.14. The number of phenols is 1. The van der Waals surface area contributed by atoms with E-state index >= 15 is 0 Å². The van der Waals surface area contributed by atoms with E-state index in [0.29, 0.717) is 17.8 Å². The van der Waals surface area contributed by atoms with E-state index in [9.17, 15) is 9.90 Å². The predicted molar refractivity (Wildman–Crippen MR) is 108 cm³/mol. The van der Waals surface area contributed by atoms with Gasteiger partial charge in [-0.25, -0.2) is 4.68 Å². The maximum atomic E-state index is 12.1. The van der Waals surface area contributed by atoms with Gasteiger partial charge in [0.15, 0.2) is 0 Å². The highest BCUT2D eigenvalue weighted by atomic mass is 16.3. The topological polar surface area (TPSA) is 58.4 Å². The van der Waals surface area contributed by atoms with E-state index in [4.69, 9.17) is 0 Å². The molecule has 0 radical (unpaired) electrons. The van der Waals surface area contributed by atoms with E-state index in [1.165, 1.54) is 16.3 Å². The molecule has 0 amide bonds. The standard InChI is InChI=1S/C22H25N3O2/c1-2-24(17-18-9-4-3-5-10-18)15-8-16-25-22(27)14-13-20(23-25)19-11-6-7-12-21(19)26/h3-7,9-14,26H,2,8,15-17H2,1H3. The van der Waals surface area contributed by atoms with E-state index in [0.717, 1.165) is 26.1 Å². The van der Waals surface area contributed by atoms with E-state index in [-0.39, 0.29) is 11.3 Å². The molecule has 5 heteroatoms. The normalized spacial score (nSPS) is 11.0. The smallest absolute Gasteiger partial charge is 0.266 e. The first-order valence-corrected chi connectivity index (χ1v) is 9.30. The van der Waals surface area contributed by atoms with Gasteiger partial charge in [-0.3, -0.25) is 9.69 Å². The second-order valence-corrected chi connectivity index (χ2v) is 6.51. The van der Waals surface area contributed by atoms with E-state index in [1.54, 1.807) is 24.3 Å². The van der Waals surface area contributed by atoms with Crippen molar-refractivity contribution in [3.63, 3.8) is 0 Å². The molecule has 0 aliphatic carbocycles. The molecule has 27 heavy (non-hydrogen) atoms. The highest BCUT2D eigenvalue weighted by Gasteiger charge is 2.08. The molecular formula is C22H25N3O2. The van der Waals surface area contributed by atoms with Crippen LogP contribution in [0.15, 0.2) is 71.5 Å². The molecule has 0 fully saturated rings. The Morgan fingerprint density at radius 1 is 1.00 bits per heavy atom. The van der Waals surface area contributed by atoms with Gasteiger partial charge in [-0.2, -0.15) is 5.10 Å². The Morgan fingerprint density at radius 3 is 2.48 bits per heavy atom. The Kier molecular flexibility index (Phi) is 6.39. The quantitative estimate of drug-likeness (QED) is 0.665. The minimum absolute atomic E-state index is 0.125. The third-order valence-corrected chi connectivity index (χ3v) is 4.59. The van der Waals surface area contributed by atoms with E-state index in [1.807, 2.05) is 12.1 Å². The van der Waals surface area contributed by atoms with Crippen molar-refractivity contribution < 1.29 is 5.11 Å². The molecule has 5 nitrogen and oxygen atoms in total. The maximum absolute atomic E-state index is 12.1. The van der Waals surface area contributed by atoms with Gasteiger partial charge in [-0.15, -0.1) is 0 Å².